The summed E-state index contributed by atoms with van der Waals surface area (Å²) >= 11 is 0. The third-order valence-corrected chi connectivity index (χ3v) is 3.21. The van der Waals surface area contributed by atoms with Crippen molar-refractivity contribution in [1.82, 2.24) is 0 Å². The second-order valence-corrected chi connectivity index (χ2v) is 4.85. The van der Waals surface area contributed by atoms with Crippen molar-refractivity contribution in [2.24, 2.45) is 0 Å². The van der Waals surface area contributed by atoms with Crippen molar-refractivity contribution in [2.75, 3.05) is 5.32 Å². The van der Waals surface area contributed by atoms with Crippen molar-refractivity contribution < 1.29 is 22.0 Å². The van der Waals surface area contributed by atoms with E-state index in [1.807, 2.05) is 57.8 Å². The maximum atomic E-state index is 10.5. The Bertz CT molecular complexity index is 447. The van der Waals surface area contributed by atoms with E-state index in [4.69, 9.17) is 0 Å². The molecule has 2 aliphatic carbocycles. The molecule has 0 aliphatic heterocycles. The second kappa shape index (κ2) is 10.7. The van der Waals surface area contributed by atoms with Crippen LogP contribution in [0.25, 0.3) is 0 Å². The maximum absolute atomic E-state index is 10.5. The van der Waals surface area contributed by atoms with Crippen LogP contribution < -0.4 is 5.32 Å². The van der Waals surface area contributed by atoms with Gasteiger partial charge in [-0.2, -0.15) is 0 Å². The summed E-state index contributed by atoms with van der Waals surface area (Å²) in [7, 11) is 0. The molecule has 0 bridgehead atoms. The molecule has 0 saturated heterocycles. The zero-order chi connectivity index (χ0) is 15.8. The molecule has 0 heterocycles. The third-order valence-electron chi connectivity index (χ3n) is 3.21. The van der Waals surface area contributed by atoms with Crippen LogP contribution in [-0.4, -0.2) is 11.0 Å². The predicted octanol–water partition coefficient (Wildman–Crippen LogP) is 3.82. The quantitative estimate of drug-likeness (QED) is 0.510. The van der Waals surface area contributed by atoms with E-state index in [1.165, 1.54) is 18.1 Å². The first-order chi connectivity index (χ1) is 10.7. The van der Waals surface area contributed by atoms with E-state index in [1.54, 1.807) is 12.1 Å². The molecule has 1 atom stereocenters. The molecule has 2 saturated carbocycles. The van der Waals surface area contributed by atoms with Gasteiger partial charge in [0.25, 0.3) is 5.69 Å². The van der Waals surface area contributed by atoms with Crippen LogP contribution in [0.15, 0.2) is 24.3 Å². The van der Waals surface area contributed by atoms with Crippen LogP contribution in [0.1, 0.15) is 6.92 Å². The van der Waals surface area contributed by atoms with Crippen LogP contribution in [-0.2, 0) is 17.1 Å². The Labute approximate surface area is 150 Å². The molecule has 3 rings (SSSR count). The van der Waals surface area contributed by atoms with Crippen LogP contribution in [0.4, 0.5) is 11.4 Å². The summed E-state index contributed by atoms with van der Waals surface area (Å²) in [6, 6.07) is 6.63. The zero-order valence-corrected chi connectivity index (χ0v) is 13.8. The number of non-ortho nitro benzene ring substituents is 1. The van der Waals surface area contributed by atoms with Gasteiger partial charge in [0.1, 0.15) is 0 Å². The SMILES string of the molecule is CC(Nc1ccc([N+](=O)[O-])cc1)[C]1[CH][CH][CH][CH]1.[CH]1[CH][CH][CH][CH]1.[Fe+2]. The Morgan fingerprint density at radius 1 is 0.913 bits per heavy atom. The summed E-state index contributed by atoms with van der Waals surface area (Å²) in [5, 5.41) is 13.8. The van der Waals surface area contributed by atoms with E-state index in [0.29, 0.717) is 0 Å². The number of anilines is 1. The molecule has 0 aromatic heterocycles. The number of benzene rings is 1. The number of nitro benzene ring substituents is 1. The van der Waals surface area contributed by atoms with Gasteiger partial charge in [-0.1, -0.05) is 0 Å². The topological polar surface area (TPSA) is 55.2 Å². The Kier molecular flexibility index (Phi) is 9.27. The van der Waals surface area contributed by atoms with Gasteiger partial charge in [-0.15, -0.1) is 0 Å². The molecule has 1 N–H and O–H groups in total. The molecule has 23 heavy (non-hydrogen) atoms. The van der Waals surface area contributed by atoms with E-state index < -0.39 is 4.92 Å². The Balaban J connectivity index is 0.000000377. The van der Waals surface area contributed by atoms with Gasteiger partial charge >= 0.3 is 17.1 Å². The zero-order valence-electron chi connectivity index (χ0n) is 12.7. The van der Waals surface area contributed by atoms with E-state index >= 15 is 0 Å². The number of nitrogens with zero attached hydrogens (tertiary/aromatic N) is 1. The maximum Gasteiger partial charge on any atom is 2.00 e. The molecule has 1 aromatic carbocycles. The number of nitro groups is 1. The fourth-order valence-electron chi connectivity index (χ4n) is 2.01. The Hall–Kier alpha value is -1.06. The van der Waals surface area contributed by atoms with Crippen LogP contribution in [0.2, 0.25) is 0 Å². The van der Waals surface area contributed by atoms with Crippen LogP contribution in [0.5, 0.6) is 0 Å². The van der Waals surface area contributed by atoms with Gasteiger partial charge in [-0.3, -0.25) is 10.1 Å². The normalized spacial score (nSPS) is 18.5. The molecule has 2 aliphatic rings. The monoisotopic (exact) mass is 350 g/mol. The molecular formula is C18H18FeN2O2+2. The molecule has 118 valence electrons. The van der Waals surface area contributed by atoms with Crippen molar-refractivity contribution in [1.29, 1.82) is 0 Å². The van der Waals surface area contributed by atoms with Gasteiger partial charge in [-0.05, 0) is 76.8 Å². The average Bonchev–Trinajstić information content (AvgIpc) is 3.24. The summed E-state index contributed by atoms with van der Waals surface area (Å²) in [4.78, 5) is 10.1. The van der Waals surface area contributed by atoms with Gasteiger partial charge in [0.15, 0.2) is 0 Å². The molecule has 1 unspecified atom stereocenters. The first-order valence-electron chi connectivity index (χ1n) is 7.06. The fraction of sp³-hybridized carbons (Fsp3) is 0.111. The Morgan fingerprint density at radius 2 is 1.39 bits per heavy atom. The van der Waals surface area contributed by atoms with Gasteiger partial charge in [0.2, 0.25) is 0 Å². The second-order valence-electron chi connectivity index (χ2n) is 4.85. The summed E-state index contributed by atoms with van der Waals surface area (Å²) in [5.74, 6) is 1.20. The molecular weight excluding hydrogens is 332 g/mol. The first-order valence-corrected chi connectivity index (χ1v) is 7.06. The smallest absolute Gasteiger partial charge is 0.382 e. The van der Waals surface area contributed by atoms with Gasteiger partial charge in [0.05, 0.1) is 4.92 Å². The van der Waals surface area contributed by atoms with Crippen LogP contribution in [0, 0.1) is 73.8 Å². The van der Waals surface area contributed by atoms with Crippen molar-refractivity contribution in [3.8, 4) is 0 Å². The van der Waals surface area contributed by atoms with Gasteiger partial charge in [0, 0.05) is 29.8 Å². The van der Waals surface area contributed by atoms with Crippen LogP contribution >= 0.6 is 0 Å². The molecule has 10 radical (unpaired) electrons. The Morgan fingerprint density at radius 3 is 1.83 bits per heavy atom. The molecule has 1 aromatic rings. The number of hydrogen-bond acceptors (Lipinski definition) is 3. The van der Waals surface area contributed by atoms with Crippen molar-refractivity contribution >= 4 is 11.4 Å². The molecule has 4 nitrogen and oxygen atoms in total. The molecule has 0 amide bonds. The minimum Gasteiger partial charge on any atom is -0.382 e. The standard InChI is InChI=1S/C13H13N2O2.C5H5.Fe/c1-10(11-4-2-3-5-11)14-12-6-8-13(9-7-12)15(16)17;1-2-4-5-3-1;/h2-10,14H,1H3;1-5H;/q;;+2. The van der Waals surface area contributed by atoms with Gasteiger partial charge in [-0.25, -0.2) is 0 Å². The average molecular weight is 350 g/mol. The van der Waals surface area contributed by atoms with Crippen molar-refractivity contribution in [3.63, 3.8) is 0 Å². The summed E-state index contributed by atoms with van der Waals surface area (Å²) in [5.41, 5.74) is 0.987. The summed E-state index contributed by atoms with van der Waals surface area (Å²) in [6.07, 6.45) is 18.1. The summed E-state index contributed by atoms with van der Waals surface area (Å²) in [6.45, 7) is 2.05. The minimum atomic E-state index is -0.398. The van der Waals surface area contributed by atoms with Gasteiger partial charge < -0.3 is 5.32 Å². The largest absolute Gasteiger partial charge is 2.00 e. The third kappa shape index (κ3) is 6.92. The predicted molar refractivity (Wildman–Crippen MR) is 88.1 cm³/mol. The number of nitrogens with one attached hydrogen (secondary N) is 1. The van der Waals surface area contributed by atoms with Crippen molar-refractivity contribution in [3.05, 3.63) is 98.1 Å². The molecule has 0 spiro atoms. The van der Waals surface area contributed by atoms with E-state index in [9.17, 15) is 10.1 Å². The van der Waals surface area contributed by atoms with E-state index in [2.05, 4.69) is 12.2 Å². The minimum absolute atomic E-state index is 0. The molecule has 5 heteroatoms. The number of rotatable bonds is 4. The van der Waals surface area contributed by atoms with Crippen molar-refractivity contribution in [2.45, 2.75) is 13.0 Å². The van der Waals surface area contributed by atoms with Crippen LogP contribution in [0.3, 0.4) is 0 Å². The first kappa shape index (κ1) is 20.0. The molecule has 2 fully saturated rings. The van der Waals surface area contributed by atoms with E-state index in [0.717, 1.165) is 5.69 Å². The fourth-order valence-corrected chi connectivity index (χ4v) is 2.01. The number of hydrogen-bond donors (Lipinski definition) is 1. The van der Waals surface area contributed by atoms with E-state index in [-0.39, 0.29) is 28.8 Å². The summed E-state index contributed by atoms with van der Waals surface area (Å²) < 4.78 is 0.